The second-order valence-electron chi connectivity index (χ2n) is 3.21. The molecule has 1 aromatic rings. The number of halogens is 1. The Labute approximate surface area is 92.1 Å². The summed E-state index contributed by atoms with van der Waals surface area (Å²) in [5, 5.41) is 5.51. The van der Waals surface area contributed by atoms with Gasteiger partial charge in [-0.3, -0.25) is 0 Å². The summed E-state index contributed by atoms with van der Waals surface area (Å²) in [6.45, 7) is 3.11. The van der Waals surface area contributed by atoms with Crippen LogP contribution in [0.15, 0.2) is 15.9 Å². The molecule has 0 unspecified atom stereocenters. The molecule has 0 amide bonds. The fourth-order valence-corrected chi connectivity index (χ4v) is 2.38. The van der Waals surface area contributed by atoms with Crippen LogP contribution in [-0.2, 0) is 6.54 Å². The third kappa shape index (κ3) is 4.76. The predicted molar refractivity (Wildman–Crippen MR) is 62.3 cm³/mol. The summed E-state index contributed by atoms with van der Waals surface area (Å²) in [6.07, 6.45) is 0. The smallest absolute Gasteiger partial charge is 0.0300 e. The van der Waals surface area contributed by atoms with E-state index in [0.29, 0.717) is 0 Å². The summed E-state index contributed by atoms with van der Waals surface area (Å²) in [5.41, 5.74) is 0. The fraction of sp³-hybridized carbons (Fsp3) is 0.556. The van der Waals surface area contributed by atoms with Crippen molar-refractivity contribution in [1.82, 2.24) is 10.2 Å². The van der Waals surface area contributed by atoms with Gasteiger partial charge in [0.2, 0.25) is 0 Å². The molecule has 1 rings (SSSR count). The summed E-state index contributed by atoms with van der Waals surface area (Å²) >= 11 is 5.22. The molecular weight excluding hydrogens is 248 g/mol. The largest absolute Gasteiger partial charge is 0.311 e. The van der Waals surface area contributed by atoms with Crippen molar-refractivity contribution in [2.24, 2.45) is 0 Å². The average Bonchev–Trinajstić information content (AvgIpc) is 2.45. The summed E-state index contributed by atoms with van der Waals surface area (Å²) in [4.78, 5) is 3.56. The number of hydrogen-bond acceptors (Lipinski definition) is 3. The van der Waals surface area contributed by atoms with Gasteiger partial charge in [0.15, 0.2) is 0 Å². The Morgan fingerprint density at radius 1 is 1.54 bits per heavy atom. The van der Waals surface area contributed by atoms with E-state index < -0.39 is 0 Å². The second-order valence-corrected chi connectivity index (χ2v) is 5.12. The molecule has 0 fully saturated rings. The van der Waals surface area contributed by atoms with Crippen molar-refractivity contribution in [2.75, 3.05) is 27.2 Å². The zero-order chi connectivity index (χ0) is 9.68. The van der Waals surface area contributed by atoms with Crippen molar-refractivity contribution in [3.8, 4) is 0 Å². The first kappa shape index (κ1) is 11.2. The Morgan fingerprint density at radius 3 is 2.85 bits per heavy atom. The first-order chi connectivity index (χ1) is 6.18. The first-order valence-electron chi connectivity index (χ1n) is 4.27. The molecule has 0 aliphatic rings. The van der Waals surface area contributed by atoms with Crippen LogP contribution in [0.25, 0.3) is 0 Å². The van der Waals surface area contributed by atoms with Crippen molar-refractivity contribution in [3.63, 3.8) is 0 Å². The third-order valence-electron chi connectivity index (χ3n) is 1.66. The van der Waals surface area contributed by atoms with Gasteiger partial charge in [-0.1, -0.05) is 0 Å². The van der Waals surface area contributed by atoms with Gasteiger partial charge in [0.05, 0.1) is 0 Å². The van der Waals surface area contributed by atoms with Crippen LogP contribution in [0.5, 0.6) is 0 Å². The van der Waals surface area contributed by atoms with Gasteiger partial charge < -0.3 is 10.2 Å². The molecule has 0 aromatic carbocycles. The van der Waals surface area contributed by atoms with Gasteiger partial charge >= 0.3 is 0 Å². The molecular formula is C9H15BrN2S. The third-order valence-corrected chi connectivity index (χ3v) is 3.35. The van der Waals surface area contributed by atoms with Crippen LogP contribution in [0.1, 0.15) is 4.88 Å². The van der Waals surface area contributed by atoms with Gasteiger partial charge in [-0.2, -0.15) is 0 Å². The summed E-state index contributed by atoms with van der Waals surface area (Å²) in [6, 6.07) is 2.16. The van der Waals surface area contributed by atoms with E-state index in [1.807, 2.05) is 0 Å². The maximum Gasteiger partial charge on any atom is 0.0300 e. The lowest BCUT2D eigenvalue weighted by molar-refractivity contribution is 0.400. The van der Waals surface area contributed by atoms with Crippen molar-refractivity contribution in [2.45, 2.75) is 6.54 Å². The fourth-order valence-electron chi connectivity index (χ4n) is 0.961. The van der Waals surface area contributed by atoms with E-state index in [2.05, 4.69) is 51.7 Å². The minimum Gasteiger partial charge on any atom is -0.311 e. The molecule has 0 atom stereocenters. The average molecular weight is 263 g/mol. The van der Waals surface area contributed by atoms with Gasteiger partial charge in [0.25, 0.3) is 0 Å². The molecule has 0 bridgehead atoms. The molecule has 1 aromatic heterocycles. The Kier molecular flexibility index (Phi) is 4.94. The highest BCUT2D eigenvalue weighted by Crippen LogP contribution is 2.19. The molecule has 0 saturated heterocycles. The van der Waals surface area contributed by atoms with Gasteiger partial charge in [0.1, 0.15) is 0 Å². The predicted octanol–water partition coefficient (Wildman–Crippen LogP) is 2.16. The quantitative estimate of drug-likeness (QED) is 0.819. The van der Waals surface area contributed by atoms with Crippen molar-refractivity contribution >= 4 is 27.3 Å². The number of thiophene rings is 1. The van der Waals surface area contributed by atoms with Gasteiger partial charge in [-0.15, -0.1) is 11.3 Å². The van der Waals surface area contributed by atoms with E-state index >= 15 is 0 Å². The van der Waals surface area contributed by atoms with Gasteiger partial charge in [-0.25, -0.2) is 0 Å². The summed E-state index contributed by atoms with van der Waals surface area (Å²) < 4.78 is 1.18. The van der Waals surface area contributed by atoms with Crippen molar-refractivity contribution in [1.29, 1.82) is 0 Å². The molecule has 4 heteroatoms. The lowest BCUT2D eigenvalue weighted by Crippen LogP contribution is -2.25. The maximum atomic E-state index is 3.44. The molecule has 1 heterocycles. The molecule has 0 spiro atoms. The maximum absolute atomic E-state index is 3.44. The van der Waals surface area contributed by atoms with Crippen LogP contribution in [0, 0.1) is 0 Å². The topological polar surface area (TPSA) is 15.3 Å². The van der Waals surface area contributed by atoms with E-state index in [0.717, 1.165) is 19.6 Å². The SMILES string of the molecule is CN(C)CCNCc1cc(Br)cs1. The standard InChI is InChI=1S/C9H15BrN2S/c1-12(2)4-3-11-6-9-5-8(10)7-13-9/h5,7,11H,3-4,6H2,1-2H3. The lowest BCUT2D eigenvalue weighted by atomic mass is 10.4. The highest BCUT2D eigenvalue weighted by molar-refractivity contribution is 9.10. The monoisotopic (exact) mass is 262 g/mol. The number of hydrogen-bond donors (Lipinski definition) is 1. The molecule has 13 heavy (non-hydrogen) atoms. The minimum atomic E-state index is 0.976. The molecule has 2 nitrogen and oxygen atoms in total. The van der Waals surface area contributed by atoms with Crippen LogP contribution >= 0.6 is 27.3 Å². The molecule has 74 valence electrons. The van der Waals surface area contributed by atoms with E-state index in [1.54, 1.807) is 11.3 Å². The van der Waals surface area contributed by atoms with Gasteiger partial charge in [0, 0.05) is 34.4 Å². The number of rotatable bonds is 5. The van der Waals surface area contributed by atoms with E-state index in [1.165, 1.54) is 9.35 Å². The van der Waals surface area contributed by atoms with Crippen molar-refractivity contribution < 1.29 is 0 Å². The molecule has 1 N–H and O–H groups in total. The van der Waals surface area contributed by atoms with Crippen LogP contribution in [-0.4, -0.2) is 32.1 Å². The summed E-state index contributed by atoms with van der Waals surface area (Å²) in [5.74, 6) is 0. The zero-order valence-electron chi connectivity index (χ0n) is 8.01. The van der Waals surface area contributed by atoms with E-state index in [4.69, 9.17) is 0 Å². The first-order valence-corrected chi connectivity index (χ1v) is 5.94. The molecule has 0 saturated carbocycles. The molecule has 0 aliphatic carbocycles. The van der Waals surface area contributed by atoms with Gasteiger partial charge in [-0.05, 0) is 36.1 Å². The number of nitrogens with one attached hydrogen (secondary N) is 1. The Hall–Kier alpha value is 0.1000. The zero-order valence-corrected chi connectivity index (χ0v) is 10.4. The van der Waals surface area contributed by atoms with Crippen LogP contribution in [0.2, 0.25) is 0 Å². The summed E-state index contributed by atoms with van der Waals surface area (Å²) in [7, 11) is 4.17. The van der Waals surface area contributed by atoms with Crippen LogP contribution in [0.3, 0.4) is 0 Å². The second kappa shape index (κ2) is 5.75. The van der Waals surface area contributed by atoms with Crippen LogP contribution < -0.4 is 5.32 Å². The van der Waals surface area contributed by atoms with Crippen LogP contribution in [0.4, 0.5) is 0 Å². The normalized spacial score (nSPS) is 11.1. The Balaban J connectivity index is 2.13. The molecule has 0 aliphatic heterocycles. The van der Waals surface area contributed by atoms with Crippen molar-refractivity contribution in [3.05, 3.63) is 20.8 Å². The molecule has 0 radical (unpaired) electrons. The van der Waals surface area contributed by atoms with E-state index in [-0.39, 0.29) is 0 Å². The highest BCUT2D eigenvalue weighted by Gasteiger charge is 1.96. The minimum absolute atomic E-state index is 0.976. The number of nitrogens with zero attached hydrogens (tertiary/aromatic N) is 1. The van der Waals surface area contributed by atoms with E-state index in [9.17, 15) is 0 Å². The Bertz CT molecular complexity index is 248. The lowest BCUT2D eigenvalue weighted by Gasteiger charge is -2.09. The highest BCUT2D eigenvalue weighted by atomic mass is 79.9. The number of likely N-dealkylation sites (N-methyl/N-ethyl adjacent to an activating group) is 1. The Morgan fingerprint density at radius 2 is 2.31 bits per heavy atom.